The van der Waals surface area contributed by atoms with Crippen LogP contribution in [0.4, 0.5) is 5.95 Å². The maximum absolute atomic E-state index is 4.12. The van der Waals surface area contributed by atoms with E-state index in [1.807, 2.05) is 7.05 Å². The van der Waals surface area contributed by atoms with Gasteiger partial charge in [-0.15, -0.1) is 0 Å². The van der Waals surface area contributed by atoms with Crippen molar-refractivity contribution in [2.45, 2.75) is 26.2 Å². The maximum Gasteiger partial charge on any atom is 0.220 e. The summed E-state index contributed by atoms with van der Waals surface area (Å²) in [5.74, 6) is 0.869. The Hall–Kier alpha value is -1.06. The highest BCUT2D eigenvalue weighted by atomic mass is 15.4. The third kappa shape index (κ3) is 1.66. The lowest BCUT2D eigenvalue weighted by molar-refractivity contribution is 0.179. The van der Waals surface area contributed by atoms with Crippen LogP contribution in [-0.4, -0.2) is 21.3 Å². The molecule has 13 heavy (non-hydrogen) atoms. The van der Waals surface area contributed by atoms with E-state index in [0.29, 0.717) is 5.41 Å². The smallest absolute Gasteiger partial charge is 0.220 e. The third-order valence-corrected chi connectivity index (χ3v) is 2.95. The maximum atomic E-state index is 4.12. The van der Waals surface area contributed by atoms with E-state index in [4.69, 9.17) is 0 Å². The van der Waals surface area contributed by atoms with Crippen LogP contribution in [-0.2, 0) is 7.05 Å². The highest BCUT2D eigenvalue weighted by molar-refractivity contribution is 5.23. The van der Waals surface area contributed by atoms with Gasteiger partial charge in [0.2, 0.25) is 5.95 Å². The van der Waals surface area contributed by atoms with Gasteiger partial charge in [0.1, 0.15) is 6.33 Å². The van der Waals surface area contributed by atoms with Crippen LogP contribution in [0, 0.1) is 5.41 Å². The van der Waals surface area contributed by atoms with Crippen LogP contribution in [0.5, 0.6) is 0 Å². The standard InChI is InChI=1S/C9H16N4/c1-9(4-3-5-9)6-10-8-11-7-12-13(8)2/h7H,3-6H2,1-2H3,(H,10,11,12). The lowest BCUT2D eigenvalue weighted by Gasteiger charge is -2.38. The number of aromatic nitrogens is 3. The van der Waals surface area contributed by atoms with Gasteiger partial charge in [0, 0.05) is 13.6 Å². The zero-order valence-electron chi connectivity index (χ0n) is 8.25. The molecule has 1 N–H and O–H groups in total. The first kappa shape index (κ1) is 8.53. The number of nitrogens with one attached hydrogen (secondary N) is 1. The first-order chi connectivity index (χ1) is 6.20. The highest BCUT2D eigenvalue weighted by Gasteiger charge is 2.31. The summed E-state index contributed by atoms with van der Waals surface area (Å²) in [4.78, 5) is 4.12. The summed E-state index contributed by atoms with van der Waals surface area (Å²) in [5.41, 5.74) is 0.492. The Labute approximate surface area is 78.4 Å². The second-order valence-corrected chi connectivity index (χ2v) is 4.23. The second kappa shape index (κ2) is 3.01. The molecule has 1 heterocycles. The van der Waals surface area contributed by atoms with Crippen LogP contribution in [0.15, 0.2) is 6.33 Å². The van der Waals surface area contributed by atoms with E-state index in [2.05, 4.69) is 22.3 Å². The zero-order valence-corrected chi connectivity index (χ0v) is 8.25. The molecule has 0 saturated heterocycles. The van der Waals surface area contributed by atoms with Gasteiger partial charge in [-0.2, -0.15) is 10.1 Å². The van der Waals surface area contributed by atoms with E-state index in [0.717, 1.165) is 12.5 Å². The molecule has 1 aromatic rings. The van der Waals surface area contributed by atoms with Gasteiger partial charge in [-0.05, 0) is 18.3 Å². The quantitative estimate of drug-likeness (QED) is 0.765. The summed E-state index contributed by atoms with van der Waals surface area (Å²) >= 11 is 0. The number of anilines is 1. The molecule has 1 aromatic heterocycles. The van der Waals surface area contributed by atoms with Gasteiger partial charge in [0.05, 0.1) is 0 Å². The average molecular weight is 180 g/mol. The van der Waals surface area contributed by atoms with E-state index >= 15 is 0 Å². The van der Waals surface area contributed by atoms with Gasteiger partial charge < -0.3 is 5.32 Å². The average Bonchev–Trinajstić information content (AvgIpc) is 2.44. The number of nitrogens with zero attached hydrogens (tertiary/aromatic N) is 3. The first-order valence-electron chi connectivity index (χ1n) is 4.78. The topological polar surface area (TPSA) is 42.7 Å². The van der Waals surface area contributed by atoms with E-state index in [-0.39, 0.29) is 0 Å². The van der Waals surface area contributed by atoms with Crippen molar-refractivity contribution >= 4 is 5.95 Å². The van der Waals surface area contributed by atoms with Crippen molar-refractivity contribution in [1.29, 1.82) is 0 Å². The van der Waals surface area contributed by atoms with E-state index in [1.165, 1.54) is 19.3 Å². The minimum absolute atomic E-state index is 0.492. The molecule has 0 bridgehead atoms. The van der Waals surface area contributed by atoms with Crippen molar-refractivity contribution in [3.63, 3.8) is 0 Å². The van der Waals surface area contributed by atoms with E-state index in [9.17, 15) is 0 Å². The van der Waals surface area contributed by atoms with Crippen LogP contribution in [0.1, 0.15) is 26.2 Å². The molecule has 2 rings (SSSR count). The van der Waals surface area contributed by atoms with Gasteiger partial charge in [0.25, 0.3) is 0 Å². The molecule has 0 amide bonds. The molecule has 1 aliphatic rings. The van der Waals surface area contributed by atoms with Gasteiger partial charge in [-0.1, -0.05) is 13.3 Å². The summed E-state index contributed by atoms with van der Waals surface area (Å²) in [6.45, 7) is 3.33. The molecule has 4 heteroatoms. The monoisotopic (exact) mass is 180 g/mol. The Kier molecular flexibility index (Phi) is 1.98. The Morgan fingerprint density at radius 3 is 2.85 bits per heavy atom. The Bertz CT molecular complexity index is 288. The molecule has 1 aliphatic carbocycles. The van der Waals surface area contributed by atoms with Gasteiger partial charge >= 0.3 is 0 Å². The Morgan fingerprint density at radius 2 is 2.38 bits per heavy atom. The lowest BCUT2D eigenvalue weighted by atomic mass is 9.70. The van der Waals surface area contributed by atoms with Crippen molar-refractivity contribution in [2.75, 3.05) is 11.9 Å². The molecule has 0 radical (unpaired) electrons. The largest absolute Gasteiger partial charge is 0.354 e. The zero-order chi connectivity index (χ0) is 9.31. The fraction of sp³-hybridized carbons (Fsp3) is 0.778. The minimum atomic E-state index is 0.492. The summed E-state index contributed by atoms with van der Waals surface area (Å²) in [5, 5.41) is 7.33. The minimum Gasteiger partial charge on any atom is -0.354 e. The number of rotatable bonds is 3. The van der Waals surface area contributed by atoms with Crippen molar-refractivity contribution in [2.24, 2.45) is 12.5 Å². The highest BCUT2D eigenvalue weighted by Crippen LogP contribution is 2.39. The number of hydrogen-bond acceptors (Lipinski definition) is 3. The summed E-state index contributed by atoms with van der Waals surface area (Å²) in [6.07, 6.45) is 5.61. The van der Waals surface area contributed by atoms with Crippen molar-refractivity contribution in [3.05, 3.63) is 6.33 Å². The van der Waals surface area contributed by atoms with Crippen molar-refractivity contribution in [1.82, 2.24) is 14.8 Å². The predicted molar refractivity (Wildman–Crippen MR) is 51.5 cm³/mol. The molecular weight excluding hydrogens is 164 g/mol. The van der Waals surface area contributed by atoms with Crippen LogP contribution in [0.2, 0.25) is 0 Å². The number of hydrogen-bond donors (Lipinski definition) is 1. The molecule has 4 nitrogen and oxygen atoms in total. The Morgan fingerprint density at radius 1 is 1.62 bits per heavy atom. The molecule has 0 unspecified atom stereocenters. The van der Waals surface area contributed by atoms with Crippen LogP contribution in [0.25, 0.3) is 0 Å². The van der Waals surface area contributed by atoms with Crippen molar-refractivity contribution < 1.29 is 0 Å². The first-order valence-corrected chi connectivity index (χ1v) is 4.78. The normalized spacial score (nSPS) is 19.5. The SMILES string of the molecule is Cn1ncnc1NCC1(C)CCC1. The molecular formula is C9H16N4. The van der Waals surface area contributed by atoms with Crippen molar-refractivity contribution in [3.8, 4) is 0 Å². The molecule has 1 fully saturated rings. The van der Waals surface area contributed by atoms with Crippen LogP contribution in [0.3, 0.4) is 0 Å². The van der Waals surface area contributed by atoms with E-state index < -0.39 is 0 Å². The molecule has 0 spiro atoms. The fourth-order valence-corrected chi connectivity index (χ4v) is 1.71. The second-order valence-electron chi connectivity index (χ2n) is 4.23. The molecule has 0 aliphatic heterocycles. The number of aryl methyl sites for hydroxylation is 1. The Balaban J connectivity index is 1.89. The lowest BCUT2D eigenvalue weighted by Crippen LogP contribution is -2.33. The van der Waals surface area contributed by atoms with E-state index in [1.54, 1.807) is 11.0 Å². The molecule has 1 saturated carbocycles. The summed E-state index contributed by atoms with van der Waals surface area (Å²) < 4.78 is 1.77. The molecule has 72 valence electrons. The summed E-state index contributed by atoms with van der Waals surface area (Å²) in [7, 11) is 1.90. The van der Waals surface area contributed by atoms with Gasteiger partial charge in [-0.3, -0.25) is 0 Å². The van der Waals surface area contributed by atoms with Gasteiger partial charge in [-0.25, -0.2) is 4.68 Å². The third-order valence-electron chi connectivity index (χ3n) is 2.95. The van der Waals surface area contributed by atoms with Crippen LogP contribution >= 0.6 is 0 Å². The molecule has 0 aromatic carbocycles. The van der Waals surface area contributed by atoms with Gasteiger partial charge in [0.15, 0.2) is 0 Å². The molecule has 0 atom stereocenters. The predicted octanol–water partition coefficient (Wildman–Crippen LogP) is 1.42. The summed E-state index contributed by atoms with van der Waals surface area (Å²) in [6, 6.07) is 0. The fourth-order valence-electron chi connectivity index (χ4n) is 1.71. The van der Waals surface area contributed by atoms with Crippen LogP contribution < -0.4 is 5.32 Å².